The number of imidazole rings is 1. The minimum absolute atomic E-state index is 0.261. The van der Waals surface area contributed by atoms with Crippen molar-refractivity contribution in [1.82, 2.24) is 9.38 Å². The first kappa shape index (κ1) is 12.6. The molecule has 0 bridgehead atoms. The molecule has 0 aliphatic rings. The Morgan fingerprint density at radius 3 is 2.95 bits per heavy atom. The van der Waals surface area contributed by atoms with Crippen molar-refractivity contribution >= 4 is 23.0 Å². The van der Waals surface area contributed by atoms with Crippen LogP contribution in [-0.2, 0) is 0 Å². The monoisotopic (exact) mass is 289 g/mol. The number of rotatable bonds is 3. The lowest BCUT2D eigenvalue weighted by Crippen LogP contribution is -1.93. The third kappa shape index (κ3) is 2.23. The number of nitro benzene ring substituents is 1. The standard InChI is InChI=1S/C13H8FN3O2S/c14-9-4-5-12(11(7-9)17(18)19)20-13-15-8-10-3-1-2-6-16(10)13/h1-8H. The third-order valence-electron chi connectivity index (χ3n) is 2.72. The highest BCUT2D eigenvalue weighted by Gasteiger charge is 2.17. The lowest BCUT2D eigenvalue weighted by atomic mass is 10.3. The topological polar surface area (TPSA) is 60.4 Å². The molecule has 1 aromatic carbocycles. The summed E-state index contributed by atoms with van der Waals surface area (Å²) in [6.45, 7) is 0. The highest BCUT2D eigenvalue weighted by atomic mass is 32.2. The zero-order valence-corrected chi connectivity index (χ0v) is 10.9. The van der Waals surface area contributed by atoms with Crippen LogP contribution < -0.4 is 0 Å². The molecule has 3 rings (SSSR count). The molecule has 100 valence electrons. The van der Waals surface area contributed by atoms with Crippen molar-refractivity contribution in [3.63, 3.8) is 0 Å². The molecule has 0 saturated carbocycles. The molecule has 0 amide bonds. The molecule has 2 aromatic heterocycles. The van der Waals surface area contributed by atoms with Crippen LogP contribution in [0.5, 0.6) is 0 Å². The van der Waals surface area contributed by atoms with E-state index < -0.39 is 10.7 Å². The summed E-state index contributed by atoms with van der Waals surface area (Å²) in [6, 6.07) is 9.12. The van der Waals surface area contributed by atoms with E-state index in [0.29, 0.717) is 10.1 Å². The second kappa shape index (κ2) is 4.93. The van der Waals surface area contributed by atoms with Gasteiger partial charge >= 0.3 is 0 Å². The quantitative estimate of drug-likeness (QED) is 0.546. The first-order valence-corrected chi connectivity index (χ1v) is 6.51. The predicted molar refractivity (Wildman–Crippen MR) is 72.4 cm³/mol. The second-order valence-corrected chi connectivity index (χ2v) is 5.02. The molecule has 5 nitrogen and oxygen atoms in total. The van der Waals surface area contributed by atoms with Gasteiger partial charge in [-0.3, -0.25) is 14.5 Å². The number of nitro groups is 1. The molecule has 0 saturated heterocycles. The van der Waals surface area contributed by atoms with Gasteiger partial charge in [-0.25, -0.2) is 9.37 Å². The summed E-state index contributed by atoms with van der Waals surface area (Å²) in [7, 11) is 0. The highest BCUT2D eigenvalue weighted by Crippen LogP contribution is 2.34. The summed E-state index contributed by atoms with van der Waals surface area (Å²) < 4.78 is 14.9. The normalized spacial score (nSPS) is 10.8. The number of hydrogen-bond acceptors (Lipinski definition) is 4. The molecule has 0 fully saturated rings. The van der Waals surface area contributed by atoms with Crippen molar-refractivity contribution in [2.24, 2.45) is 0 Å². The van der Waals surface area contributed by atoms with E-state index in [1.807, 2.05) is 28.8 Å². The molecular weight excluding hydrogens is 281 g/mol. The van der Waals surface area contributed by atoms with Gasteiger partial charge in [0.15, 0.2) is 5.16 Å². The zero-order valence-electron chi connectivity index (χ0n) is 10.1. The molecule has 2 heterocycles. The van der Waals surface area contributed by atoms with E-state index in [9.17, 15) is 14.5 Å². The van der Waals surface area contributed by atoms with Crippen molar-refractivity contribution in [2.45, 2.75) is 10.1 Å². The first-order chi connectivity index (χ1) is 9.65. The van der Waals surface area contributed by atoms with Crippen LogP contribution in [0.15, 0.2) is 58.8 Å². The number of benzene rings is 1. The molecule has 0 radical (unpaired) electrons. The van der Waals surface area contributed by atoms with E-state index in [1.54, 1.807) is 6.20 Å². The van der Waals surface area contributed by atoms with Crippen molar-refractivity contribution in [3.05, 3.63) is 64.7 Å². The molecule has 20 heavy (non-hydrogen) atoms. The maximum atomic E-state index is 13.1. The average molecular weight is 289 g/mol. The van der Waals surface area contributed by atoms with Crippen LogP contribution >= 0.6 is 11.8 Å². The van der Waals surface area contributed by atoms with Gasteiger partial charge in [0, 0.05) is 6.20 Å². The van der Waals surface area contributed by atoms with Gasteiger partial charge in [0.2, 0.25) is 0 Å². The molecule has 0 spiro atoms. The maximum Gasteiger partial charge on any atom is 0.286 e. The van der Waals surface area contributed by atoms with Gasteiger partial charge in [-0.2, -0.15) is 0 Å². The first-order valence-electron chi connectivity index (χ1n) is 5.69. The number of nitrogens with zero attached hydrogens (tertiary/aromatic N) is 3. The predicted octanol–water partition coefficient (Wildman–Crippen LogP) is 3.53. The van der Waals surface area contributed by atoms with E-state index in [-0.39, 0.29) is 5.69 Å². The SMILES string of the molecule is O=[N+]([O-])c1cc(F)ccc1Sc1ncc2ccccn12. The summed E-state index contributed by atoms with van der Waals surface area (Å²) in [5, 5.41) is 11.6. The Hall–Kier alpha value is -2.41. The van der Waals surface area contributed by atoms with E-state index in [0.717, 1.165) is 23.3 Å². The Labute approximate surface area is 117 Å². The Morgan fingerprint density at radius 1 is 1.30 bits per heavy atom. The number of halogens is 1. The van der Waals surface area contributed by atoms with Gasteiger partial charge in [0.25, 0.3) is 5.69 Å². The van der Waals surface area contributed by atoms with Crippen molar-refractivity contribution in [1.29, 1.82) is 0 Å². The molecule has 7 heteroatoms. The number of hydrogen-bond donors (Lipinski definition) is 0. The molecule has 0 atom stereocenters. The molecule has 0 unspecified atom stereocenters. The van der Waals surface area contributed by atoms with Gasteiger partial charge < -0.3 is 0 Å². The largest absolute Gasteiger partial charge is 0.295 e. The lowest BCUT2D eigenvalue weighted by molar-refractivity contribution is -0.387. The Bertz CT molecular complexity index is 803. The van der Waals surface area contributed by atoms with Crippen molar-refractivity contribution < 1.29 is 9.31 Å². The summed E-state index contributed by atoms with van der Waals surface area (Å²) >= 11 is 1.13. The van der Waals surface area contributed by atoms with E-state index in [4.69, 9.17) is 0 Å². The fourth-order valence-electron chi connectivity index (χ4n) is 1.81. The van der Waals surface area contributed by atoms with E-state index in [1.165, 1.54) is 12.1 Å². The van der Waals surface area contributed by atoms with Crippen molar-refractivity contribution in [2.75, 3.05) is 0 Å². The van der Waals surface area contributed by atoms with Gasteiger partial charge in [0.1, 0.15) is 5.82 Å². The smallest absolute Gasteiger partial charge is 0.286 e. The fourth-order valence-corrected chi connectivity index (χ4v) is 2.75. The Kier molecular flexibility index (Phi) is 3.11. The number of aromatic nitrogens is 2. The molecule has 0 aliphatic heterocycles. The molecular formula is C13H8FN3O2S. The van der Waals surface area contributed by atoms with Crippen LogP contribution in [0, 0.1) is 15.9 Å². The van der Waals surface area contributed by atoms with Gasteiger partial charge in [-0.05, 0) is 36.0 Å². The maximum absolute atomic E-state index is 13.1. The summed E-state index contributed by atoms with van der Waals surface area (Å²) in [4.78, 5) is 14.9. The van der Waals surface area contributed by atoms with Crippen LogP contribution in [0.2, 0.25) is 0 Å². The Balaban J connectivity index is 2.05. The fraction of sp³-hybridized carbons (Fsp3) is 0. The lowest BCUT2D eigenvalue weighted by Gasteiger charge is -2.02. The van der Waals surface area contributed by atoms with Gasteiger partial charge in [-0.15, -0.1) is 0 Å². The van der Waals surface area contributed by atoms with E-state index >= 15 is 0 Å². The third-order valence-corrected chi connectivity index (χ3v) is 3.77. The van der Waals surface area contributed by atoms with Crippen LogP contribution in [0.1, 0.15) is 0 Å². The minimum Gasteiger partial charge on any atom is -0.295 e. The summed E-state index contributed by atoms with van der Waals surface area (Å²) in [6.07, 6.45) is 3.50. The number of pyridine rings is 1. The van der Waals surface area contributed by atoms with Crippen LogP contribution in [-0.4, -0.2) is 14.3 Å². The Morgan fingerprint density at radius 2 is 2.15 bits per heavy atom. The van der Waals surface area contributed by atoms with E-state index in [2.05, 4.69) is 4.98 Å². The van der Waals surface area contributed by atoms with Crippen LogP contribution in [0.3, 0.4) is 0 Å². The highest BCUT2D eigenvalue weighted by molar-refractivity contribution is 7.99. The summed E-state index contributed by atoms with van der Waals surface area (Å²) in [5.41, 5.74) is 0.627. The average Bonchev–Trinajstić information content (AvgIpc) is 2.84. The summed E-state index contributed by atoms with van der Waals surface area (Å²) in [5.74, 6) is -0.631. The van der Waals surface area contributed by atoms with Crippen molar-refractivity contribution in [3.8, 4) is 0 Å². The minimum atomic E-state index is -0.631. The van der Waals surface area contributed by atoms with Crippen LogP contribution in [0.4, 0.5) is 10.1 Å². The molecule has 0 N–H and O–H groups in total. The van der Waals surface area contributed by atoms with Gasteiger partial charge in [0.05, 0.1) is 27.6 Å². The second-order valence-electron chi connectivity index (χ2n) is 4.01. The van der Waals surface area contributed by atoms with Gasteiger partial charge in [-0.1, -0.05) is 6.07 Å². The zero-order chi connectivity index (χ0) is 14.1. The van der Waals surface area contributed by atoms with Crippen LogP contribution in [0.25, 0.3) is 5.52 Å². The molecule has 3 aromatic rings. The number of fused-ring (bicyclic) bond motifs is 1. The molecule has 0 aliphatic carbocycles.